The van der Waals surface area contributed by atoms with Crippen molar-refractivity contribution in [2.24, 2.45) is 5.92 Å². The van der Waals surface area contributed by atoms with Gasteiger partial charge in [-0.3, -0.25) is 4.90 Å². The molecule has 4 rings (SSSR count). The van der Waals surface area contributed by atoms with Crippen molar-refractivity contribution in [2.45, 2.75) is 24.2 Å². The van der Waals surface area contributed by atoms with Gasteiger partial charge >= 0.3 is 6.03 Å². The number of fused-ring (bicyclic) bond motifs is 1. The van der Waals surface area contributed by atoms with Crippen molar-refractivity contribution in [3.63, 3.8) is 0 Å². The third kappa shape index (κ3) is 5.70. The van der Waals surface area contributed by atoms with E-state index in [9.17, 15) is 4.79 Å². The second kappa shape index (κ2) is 11.0. The highest BCUT2D eigenvalue weighted by Crippen LogP contribution is 2.31. The molecule has 0 spiro atoms. The van der Waals surface area contributed by atoms with Gasteiger partial charge in [0.1, 0.15) is 11.5 Å². The molecule has 7 heteroatoms. The van der Waals surface area contributed by atoms with E-state index < -0.39 is 0 Å². The molecule has 1 saturated heterocycles. The van der Waals surface area contributed by atoms with Crippen LogP contribution in [0.3, 0.4) is 0 Å². The molecule has 0 bridgehead atoms. The van der Waals surface area contributed by atoms with Gasteiger partial charge in [-0.15, -0.1) is 11.8 Å². The standard InChI is InChI=1S/C25H33N3O3S/c1-30-22-5-8-24-20(17-22)11-15-28(24)25(29)26-12-16-27-13-9-19(10-14-27)18-31-21-3-6-23(32-2)7-4-21/h3-8,17,19H,9-16,18H2,1-2H3,(H,26,29). The fourth-order valence-corrected chi connectivity index (χ4v) is 4.80. The first-order valence-corrected chi connectivity index (χ1v) is 12.6. The van der Waals surface area contributed by atoms with E-state index in [2.05, 4.69) is 40.7 Å². The summed E-state index contributed by atoms with van der Waals surface area (Å²) < 4.78 is 11.3. The highest BCUT2D eigenvalue weighted by Gasteiger charge is 2.25. The van der Waals surface area contributed by atoms with Crippen LogP contribution in [0.4, 0.5) is 10.5 Å². The third-order valence-corrected chi connectivity index (χ3v) is 7.13. The monoisotopic (exact) mass is 455 g/mol. The lowest BCUT2D eigenvalue weighted by Gasteiger charge is -2.32. The number of nitrogens with one attached hydrogen (secondary N) is 1. The first-order valence-electron chi connectivity index (χ1n) is 11.4. The molecular formula is C25H33N3O3S. The highest BCUT2D eigenvalue weighted by atomic mass is 32.2. The molecule has 2 aromatic carbocycles. The summed E-state index contributed by atoms with van der Waals surface area (Å²) in [6.07, 6.45) is 5.23. The Labute approximate surface area is 195 Å². The Bertz CT molecular complexity index is 898. The minimum atomic E-state index is -0.00954. The minimum Gasteiger partial charge on any atom is -0.497 e. The van der Waals surface area contributed by atoms with Crippen LogP contribution in [-0.2, 0) is 6.42 Å². The lowest BCUT2D eigenvalue weighted by atomic mass is 9.98. The lowest BCUT2D eigenvalue weighted by Crippen LogP contribution is -2.44. The number of anilines is 1. The van der Waals surface area contributed by atoms with Crippen molar-refractivity contribution in [1.82, 2.24) is 10.2 Å². The summed E-state index contributed by atoms with van der Waals surface area (Å²) in [5.74, 6) is 2.39. The first kappa shape index (κ1) is 22.8. The number of carbonyl (C=O) groups excluding carboxylic acids is 1. The van der Waals surface area contributed by atoms with Crippen LogP contribution in [0.15, 0.2) is 47.4 Å². The SMILES string of the molecule is COc1ccc2c(c1)CCN2C(=O)NCCN1CCC(COc2ccc(SC)cc2)CC1. The Morgan fingerprint density at radius 1 is 1.09 bits per heavy atom. The quantitative estimate of drug-likeness (QED) is 0.602. The van der Waals surface area contributed by atoms with Gasteiger partial charge in [-0.25, -0.2) is 4.79 Å². The Morgan fingerprint density at radius 3 is 2.56 bits per heavy atom. The molecule has 0 aliphatic carbocycles. The van der Waals surface area contributed by atoms with Gasteiger partial charge in [0.2, 0.25) is 0 Å². The van der Waals surface area contributed by atoms with Gasteiger partial charge in [0, 0.05) is 30.2 Å². The summed E-state index contributed by atoms with van der Waals surface area (Å²) in [5, 5.41) is 3.10. The van der Waals surface area contributed by atoms with E-state index in [1.54, 1.807) is 18.9 Å². The molecule has 1 fully saturated rings. The molecule has 1 N–H and O–H groups in total. The zero-order chi connectivity index (χ0) is 22.3. The van der Waals surface area contributed by atoms with Crippen LogP contribution in [0.1, 0.15) is 18.4 Å². The Balaban J connectivity index is 1.14. The second-order valence-corrected chi connectivity index (χ2v) is 9.28. The number of benzene rings is 2. The topological polar surface area (TPSA) is 54.0 Å². The van der Waals surface area contributed by atoms with Crippen LogP contribution < -0.4 is 19.7 Å². The molecule has 2 amide bonds. The van der Waals surface area contributed by atoms with Crippen molar-refractivity contribution in [2.75, 3.05) is 57.6 Å². The molecule has 0 radical (unpaired) electrons. The minimum absolute atomic E-state index is 0.00954. The maximum Gasteiger partial charge on any atom is 0.321 e. The molecular weight excluding hydrogens is 422 g/mol. The molecule has 2 aliphatic heterocycles. The third-order valence-electron chi connectivity index (χ3n) is 6.38. The Kier molecular flexibility index (Phi) is 7.81. The average Bonchev–Trinajstić information content (AvgIpc) is 3.27. The van der Waals surface area contributed by atoms with Crippen LogP contribution in [0.25, 0.3) is 0 Å². The van der Waals surface area contributed by atoms with Crippen molar-refractivity contribution in [1.29, 1.82) is 0 Å². The van der Waals surface area contributed by atoms with Gasteiger partial charge in [0.15, 0.2) is 0 Å². The smallest absolute Gasteiger partial charge is 0.321 e. The molecule has 2 aromatic rings. The number of methoxy groups -OCH3 is 1. The van der Waals surface area contributed by atoms with Crippen molar-refractivity contribution >= 4 is 23.5 Å². The van der Waals surface area contributed by atoms with E-state index >= 15 is 0 Å². The van der Waals surface area contributed by atoms with Crippen LogP contribution >= 0.6 is 11.8 Å². The van der Waals surface area contributed by atoms with Gasteiger partial charge in [-0.2, -0.15) is 0 Å². The van der Waals surface area contributed by atoms with Gasteiger partial charge in [-0.1, -0.05) is 0 Å². The Morgan fingerprint density at radius 2 is 1.84 bits per heavy atom. The van der Waals surface area contributed by atoms with E-state index in [1.807, 2.05) is 23.1 Å². The largest absolute Gasteiger partial charge is 0.497 e. The summed E-state index contributed by atoms with van der Waals surface area (Å²) in [6.45, 7) is 5.17. The average molecular weight is 456 g/mol. The number of rotatable bonds is 8. The molecule has 6 nitrogen and oxygen atoms in total. The highest BCUT2D eigenvalue weighted by molar-refractivity contribution is 7.98. The molecule has 32 heavy (non-hydrogen) atoms. The van der Waals surface area contributed by atoms with E-state index in [4.69, 9.17) is 9.47 Å². The predicted molar refractivity (Wildman–Crippen MR) is 130 cm³/mol. The molecule has 2 aliphatic rings. The number of likely N-dealkylation sites (tertiary alicyclic amines) is 1. The van der Waals surface area contributed by atoms with Crippen LogP contribution in [-0.4, -0.2) is 63.6 Å². The van der Waals surface area contributed by atoms with E-state index in [1.165, 1.54) is 10.5 Å². The Hall–Kier alpha value is -2.38. The van der Waals surface area contributed by atoms with E-state index in [0.29, 0.717) is 12.5 Å². The lowest BCUT2D eigenvalue weighted by molar-refractivity contribution is 0.142. The number of piperidine rings is 1. The molecule has 2 heterocycles. The summed E-state index contributed by atoms with van der Waals surface area (Å²) in [5.41, 5.74) is 2.16. The summed E-state index contributed by atoms with van der Waals surface area (Å²) in [6, 6.07) is 14.2. The zero-order valence-electron chi connectivity index (χ0n) is 19.0. The normalized spacial score (nSPS) is 16.6. The molecule has 0 aromatic heterocycles. The molecule has 0 unspecified atom stereocenters. The number of amides is 2. The number of hydrogen-bond donors (Lipinski definition) is 1. The summed E-state index contributed by atoms with van der Waals surface area (Å²) in [4.78, 5) is 18.2. The van der Waals surface area contributed by atoms with Gasteiger partial charge in [0.25, 0.3) is 0 Å². The maximum atomic E-state index is 12.7. The van der Waals surface area contributed by atoms with E-state index in [-0.39, 0.29) is 6.03 Å². The molecule has 172 valence electrons. The number of ether oxygens (including phenoxy) is 2. The van der Waals surface area contributed by atoms with Crippen LogP contribution in [0, 0.1) is 5.92 Å². The van der Waals surface area contributed by atoms with Crippen LogP contribution in [0.2, 0.25) is 0 Å². The number of carbonyl (C=O) groups is 1. The number of urea groups is 1. The fourth-order valence-electron chi connectivity index (χ4n) is 4.40. The van der Waals surface area contributed by atoms with E-state index in [0.717, 1.165) is 69.2 Å². The van der Waals surface area contributed by atoms with Gasteiger partial charge < -0.3 is 19.7 Å². The fraction of sp³-hybridized carbons (Fsp3) is 0.480. The van der Waals surface area contributed by atoms with Crippen molar-refractivity contribution in [3.8, 4) is 11.5 Å². The van der Waals surface area contributed by atoms with Crippen LogP contribution in [0.5, 0.6) is 11.5 Å². The predicted octanol–water partition coefficient (Wildman–Crippen LogP) is 4.28. The number of nitrogens with zero attached hydrogens (tertiary/aromatic N) is 2. The first-order chi connectivity index (χ1) is 15.7. The zero-order valence-corrected chi connectivity index (χ0v) is 19.8. The van der Waals surface area contributed by atoms with Crippen molar-refractivity contribution < 1.29 is 14.3 Å². The van der Waals surface area contributed by atoms with Gasteiger partial charge in [0.05, 0.1) is 13.7 Å². The van der Waals surface area contributed by atoms with Gasteiger partial charge in [-0.05, 0) is 92.6 Å². The molecule has 0 atom stereocenters. The summed E-state index contributed by atoms with van der Waals surface area (Å²) in [7, 11) is 1.67. The number of hydrogen-bond acceptors (Lipinski definition) is 5. The second-order valence-electron chi connectivity index (χ2n) is 8.40. The molecule has 0 saturated carbocycles. The number of thioether (sulfide) groups is 1. The maximum absolute atomic E-state index is 12.7. The summed E-state index contributed by atoms with van der Waals surface area (Å²) >= 11 is 1.74. The van der Waals surface area contributed by atoms with Crippen molar-refractivity contribution in [3.05, 3.63) is 48.0 Å².